The number of halogens is 1. The summed E-state index contributed by atoms with van der Waals surface area (Å²) in [6, 6.07) is 1.61. The van der Waals surface area contributed by atoms with E-state index < -0.39 is 23.4 Å². The molecule has 0 radical (unpaired) electrons. The smallest absolute Gasteiger partial charge is 0.420 e. The van der Waals surface area contributed by atoms with E-state index in [-0.39, 0.29) is 11.7 Å². The number of carbonyl (C=O) groups excluding carboxylic acids is 2. The minimum Gasteiger partial charge on any atom is -0.443 e. The quantitative estimate of drug-likeness (QED) is 0.717. The van der Waals surface area contributed by atoms with Gasteiger partial charge in [0.2, 0.25) is 0 Å². The summed E-state index contributed by atoms with van der Waals surface area (Å²) in [6.45, 7) is 12.2. The Morgan fingerprint density at radius 3 is 1.96 bits per heavy atom. The second-order valence-corrected chi connectivity index (χ2v) is 7.87. The van der Waals surface area contributed by atoms with Crippen LogP contribution in [0.15, 0.2) is 12.3 Å². The molecule has 0 fully saturated rings. The van der Waals surface area contributed by atoms with Crippen LogP contribution in [0.25, 0.3) is 0 Å². The Bertz CT molecular complexity index is 590. The molecule has 2 amide bonds. The number of imide groups is 1. The van der Waals surface area contributed by atoms with E-state index in [0.717, 1.165) is 10.5 Å². The van der Waals surface area contributed by atoms with E-state index in [2.05, 4.69) is 4.98 Å². The number of pyridine rings is 1. The minimum atomic E-state index is -0.774. The Labute approximate surface area is 148 Å². The summed E-state index contributed by atoms with van der Waals surface area (Å²) in [7, 11) is 0. The van der Waals surface area contributed by atoms with Crippen molar-refractivity contribution in [3.63, 3.8) is 0 Å². The number of amides is 2. The van der Waals surface area contributed by atoms with Gasteiger partial charge in [-0.3, -0.25) is 0 Å². The third-order valence-corrected chi connectivity index (χ3v) is 2.94. The van der Waals surface area contributed by atoms with Crippen LogP contribution >= 0.6 is 11.6 Å². The Kier molecular flexibility index (Phi) is 6.22. The third kappa shape index (κ3) is 6.74. The van der Waals surface area contributed by atoms with Crippen LogP contribution in [-0.4, -0.2) is 33.3 Å². The minimum absolute atomic E-state index is 0.0160. The summed E-state index contributed by atoms with van der Waals surface area (Å²) in [6.07, 6.45) is 0.0354. The van der Waals surface area contributed by atoms with Gasteiger partial charge < -0.3 is 9.47 Å². The molecule has 7 heteroatoms. The zero-order valence-electron chi connectivity index (χ0n) is 15.3. The molecule has 0 unspecified atom stereocenters. The van der Waals surface area contributed by atoms with Crippen LogP contribution in [0.4, 0.5) is 9.59 Å². The van der Waals surface area contributed by atoms with Crippen molar-refractivity contribution in [1.29, 1.82) is 0 Å². The van der Waals surface area contributed by atoms with E-state index in [9.17, 15) is 9.59 Å². The topological polar surface area (TPSA) is 68.7 Å². The highest BCUT2D eigenvalue weighted by atomic mass is 35.5. The molecule has 24 heavy (non-hydrogen) atoms. The number of carbonyl (C=O) groups is 2. The molecule has 6 nitrogen and oxygen atoms in total. The molecule has 1 aromatic heterocycles. The van der Waals surface area contributed by atoms with E-state index in [1.165, 1.54) is 0 Å². The number of hydrogen-bond donors (Lipinski definition) is 0. The molecular weight excluding hydrogens is 332 g/mol. The fourth-order valence-electron chi connectivity index (χ4n) is 1.71. The van der Waals surface area contributed by atoms with E-state index >= 15 is 0 Å². The monoisotopic (exact) mass is 356 g/mol. The van der Waals surface area contributed by atoms with Gasteiger partial charge in [0.15, 0.2) is 0 Å². The summed E-state index contributed by atoms with van der Waals surface area (Å²) in [5.74, 6) is 0. The first kappa shape index (κ1) is 20.2. The second kappa shape index (κ2) is 7.38. The highest BCUT2D eigenvalue weighted by molar-refractivity contribution is 6.29. The van der Waals surface area contributed by atoms with E-state index in [1.807, 2.05) is 6.92 Å². The predicted molar refractivity (Wildman–Crippen MR) is 92.0 cm³/mol. The van der Waals surface area contributed by atoms with Gasteiger partial charge in [0.25, 0.3) is 0 Å². The van der Waals surface area contributed by atoms with Gasteiger partial charge in [0.05, 0.1) is 6.54 Å². The number of hydrogen-bond acceptors (Lipinski definition) is 5. The zero-order chi connectivity index (χ0) is 18.7. The maximum Gasteiger partial charge on any atom is 0.420 e. The maximum atomic E-state index is 12.4. The lowest BCUT2D eigenvalue weighted by Crippen LogP contribution is -2.43. The summed E-state index contributed by atoms with van der Waals surface area (Å²) in [5, 5.41) is 0.281. The first-order valence-electron chi connectivity index (χ1n) is 7.63. The van der Waals surface area contributed by atoms with Crippen molar-refractivity contribution < 1.29 is 19.1 Å². The molecule has 0 atom stereocenters. The van der Waals surface area contributed by atoms with Crippen molar-refractivity contribution in [3.8, 4) is 0 Å². The van der Waals surface area contributed by atoms with Gasteiger partial charge in [-0.2, -0.15) is 0 Å². The normalized spacial score (nSPS) is 11.8. The molecule has 1 rings (SSSR count). The lowest BCUT2D eigenvalue weighted by atomic mass is 10.1. The van der Waals surface area contributed by atoms with E-state index in [0.29, 0.717) is 5.56 Å². The third-order valence-electron chi connectivity index (χ3n) is 2.74. The van der Waals surface area contributed by atoms with Crippen molar-refractivity contribution in [2.75, 3.05) is 0 Å². The fourth-order valence-corrected chi connectivity index (χ4v) is 1.90. The summed E-state index contributed by atoms with van der Waals surface area (Å²) in [5.41, 5.74) is 0.0214. The van der Waals surface area contributed by atoms with Crippen LogP contribution in [0, 0.1) is 6.92 Å². The van der Waals surface area contributed by atoms with Crippen LogP contribution in [0.3, 0.4) is 0 Å². The van der Waals surface area contributed by atoms with Gasteiger partial charge in [-0.15, -0.1) is 0 Å². The van der Waals surface area contributed by atoms with Gasteiger partial charge in [0, 0.05) is 6.20 Å². The molecule has 0 bridgehead atoms. The molecule has 0 aliphatic carbocycles. The highest BCUT2D eigenvalue weighted by Gasteiger charge is 2.31. The number of rotatable bonds is 2. The van der Waals surface area contributed by atoms with Crippen molar-refractivity contribution in [2.24, 2.45) is 0 Å². The lowest BCUT2D eigenvalue weighted by Gasteiger charge is -2.29. The summed E-state index contributed by atoms with van der Waals surface area (Å²) < 4.78 is 10.6. The van der Waals surface area contributed by atoms with Gasteiger partial charge in [0.1, 0.15) is 16.4 Å². The average Bonchev–Trinajstić information content (AvgIpc) is 2.35. The maximum absolute atomic E-state index is 12.4. The number of aromatic nitrogens is 1. The van der Waals surface area contributed by atoms with Crippen molar-refractivity contribution in [3.05, 3.63) is 28.5 Å². The molecule has 0 aliphatic rings. The Morgan fingerprint density at radius 1 is 1.08 bits per heavy atom. The van der Waals surface area contributed by atoms with Crippen molar-refractivity contribution in [1.82, 2.24) is 9.88 Å². The Morgan fingerprint density at radius 2 is 1.54 bits per heavy atom. The average molecular weight is 357 g/mol. The molecular formula is C17H25ClN2O4. The fraction of sp³-hybridized carbons (Fsp3) is 0.588. The van der Waals surface area contributed by atoms with Crippen molar-refractivity contribution in [2.45, 2.75) is 66.2 Å². The largest absolute Gasteiger partial charge is 0.443 e. The summed E-state index contributed by atoms with van der Waals surface area (Å²) >= 11 is 5.91. The van der Waals surface area contributed by atoms with Gasteiger partial charge in [-0.1, -0.05) is 11.6 Å². The Balaban J connectivity index is 3.10. The van der Waals surface area contributed by atoms with Gasteiger partial charge in [-0.05, 0) is 65.7 Å². The number of ether oxygens (including phenoxy) is 2. The molecule has 0 N–H and O–H groups in total. The molecule has 0 aromatic carbocycles. The molecule has 134 valence electrons. The molecule has 0 saturated carbocycles. The second-order valence-electron chi connectivity index (χ2n) is 7.48. The van der Waals surface area contributed by atoms with E-state index in [1.54, 1.807) is 53.8 Å². The molecule has 1 heterocycles. The lowest BCUT2D eigenvalue weighted by molar-refractivity contribution is -0.000270. The van der Waals surface area contributed by atoms with Crippen LogP contribution < -0.4 is 0 Å². The van der Waals surface area contributed by atoms with Crippen LogP contribution in [0.5, 0.6) is 0 Å². The molecule has 1 aromatic rings. The van der Waals surface area contributed by atoms with E-state index in [4.69, 9.17) is 21.1 Å². The molecule has 0 spiro atoms. The molecule has 0 aliphatic heterocycles. The van der Waals surface area contributed by atoms with Crippen LogP contribution in [-0.2, 0) is 16.0 Å². The number of aryl methyl sites for hydroxylation is 1. The van der Waals surface area contributed by atoms with Crippen LogP contribution in [0.2, 0.25) is 5.15 Å². The van der Waals surface area contributed by atoms with Crippen molar-refractivity contribution >= 4 is 23.8 Å². The SMILES string of the molecule is Cc1cnc(Cl)cc1CN(C(=O)OC(C)(C)C)C(=O)OC(C)(C)C. The van der Waals surface area contributed by atoms with Gasteiger partial charge in [-0.25, -0.2) is 19.5 Å². The first-order chi connectivity index (χ1) is 10.8. The summed E-state index contributed by atoms with van der Waals surface area (Å²) in [4.78, 5) is 29.8. The standard InChI is InChI=1S/C17H25ClN2O4/c1-11-9-19-13(18)8-12(11)10-20(14(21)23-16(2,3)4)15(22)24-17(5,6)7/h8-9H,10H2,1-7H3. The number of nitrogens with zero attached hydrogens (tertiary/aromatic N) is 2. The zero-order valence-corrected chi connectivity index (χ0v) is 16.0. The van der Waals surface area contributed by atoms with Gasteiger partial charge >= 0.3 is 12.2 Å². The first-order valence-corrected chi connectivity index (χ1v) is 8.01. The van der Waals surface area contributed by atoms with Crippen LogP contribution in [0.1, 0.15) is 52.7 Å². The predicted octanol–water partition coefficient (Wildman–Crippen LogP) is 4.72. The molecule has 0 saturated heterocycles. The Hall–Kier alpha value is -1.82. The highest BCUT2D eigenvalue weighted by Crippen LogP contribution is 2.19.